The molecular weight excluding hydrogens is 279 g/mol. The molecule has 0 atom stereocenters. The standard InChI is InChI=1S/C18H17FN2O/c19-16-5-1-14(2-6-16)12-21-18(22)8-4-13-3-7-17-15(11-13)9-10-20-17/h1-3,5-7,9-11,20H,4,8,12H2,(H,21,22). The number of halogens is 1. The second kappa shape index (κ2) is 6.43. The van der Waals surface area contributed by atoms with Crippen molar-refractivity contribution in [3.05, 3.63) is 71.7 Å². The predicted molar refractivity (Wildman–Crippen MR) is 84.9 cm³/mol. The number of aromatic nitrogens is 1. The highest BCUT2D eigenvalue weighted by Gasteiger charge is 2.04. The molecule has 4 heteroatoms. The van der Waals surface area contributed by atoms with Crippen molar-refractivity contribution in [2.24, 2.45) is 0 Å². The van der Waals surface area contributed by atoms with E-state index in [1.54, 1.807) is 12.1 Å². The molecule has 22 heavy (non-hydrogen) atoms. The molecule has 0 radical (unpaired) electrons. The van der Waals surface area contributed by atoms with E-state index in [0.29, 0.717) is 19.4 Å². The zero-order valence-electron chi connectivity index (χ0n) is 12.1. The minimum Gasteiger partial charge on any atom is -0.361 e. The molecular formula is C18H17FN2O. The van der Waals surface area contributed by atoms with Gasteiger partial charge >= 0.3 is 0 Å². The zero-order chi connectivity index (χ0) is 15.4. The Balaban J connectivity index is 1.50. The number of aromatic amines is 1. The van der Waals surface area contributed by atoms with E-state index in [2.05, 4.69) is 16.4 Å². The highest BCUT2D eigenvalue weighted by Crippen LogP contribution is 2.15. The van der Waals surface area contributed by atoms with Gasteiger partial charge in [0.15, 0.2) is 0 Å². The number of H-pyrrole nitrogens is 1. The predicted octanol–water partition coefficient (Wildman–Crippen LogP) is 3.56. The number of amides is 1. The van der Waals surface area contributed by atoms with Gasteiger partial charge in [-0.1, -0.05) is 18.2 Å². The van der Waals surface area contributed by atoms with Crippen LogP contribution in [0.2, 0.25) is 0 Å². The Kier molecular flexibility index (Phi) is 4.19. The van der Waals surface area contributed by atoms with Crippen LogP contribution in [0.5, 0.6) is 0 Å². The molecule has 0 aliphatic carbocycles. The Labute approximate surface area is 128 Å². The van der Waals surface area contributed by atoms with Crippen LogP contribution in [-0.2, 0) is 17.8 Å². The van der Waals surface area contributed by atoms with Crippen molar-refractivity contribution in [1.29, 1.82) is 0 Å². The SMILES string of the molecule is O=C(CCc1ccc2[nH]ccc2c1)NCc1ccc(F)cc1. The van der Waals surface area contributed by atoms with Crippen molar-refractivity contribution in [3.8, 4) is 0 Å². The van der Waals surface area contributed by atoms with Gasteiger partial charge in [0.2, 0.25) is 5.91 Å². The van der Waals surface area contributed by atoms with Crippen molar-refractivity contribution >= 4 is 16.8 Å². The maximum atomic E-state index is 12.8. The third-order valence-corrected chi connectivity index (χ3v) is 3.66. The summed E-state index contributed by atoms with van der Waals surface area (Å²) in [5.41, 5.74) is 3.14. The molecule has 0 aliphatic heterocycles. The van der Waals surface area contributed by atoms with Crippen LogP contribution in [0, 0.1) is 5.82 Å². The smallest absolute Gasteiger partial charge is 0.220 e. The first-order chi connectivity index (χ1) is 10.7. The molecule has 0 aliphatic rings. The lowest BCUT2D eigenvalue weighted by Gasteiger charge is -2.06. The topological polar surface area (TPSA) is 44.9 Å². The molecule has 112 valence electrons. The van der Waals surface area contributed by atoms with Crippen molar-refractivity contribution in [2.45, 2.75) is 19.4 Å². The molecule has 3 aromatic rings. The second-order valence-electron chi connectivity index (χ2n) is 5.30. The summed E-state index contributed by atoms with van der Waals surface area (Å²) in [7, 11) is 0. The number of fused-ring (bicyclic) bond motifs is 1. The molecule has 0 saturated heterocycles. The maximum absolute atomic E-state index is 12.8. The van der Waals surface area contributed by atoms with Crippen LogP contribution in [0.1, 0.15) is 17.5 Å². The quantitative estimate of drug-likeness (QED) is 0.743. The van der Waals surface area contributed by atoms with E-state index in [1.165, 1.54) is 12.1 Å². The highest BCUT2D eigenvalue weighted by molar-refractivity contribution is 5.80. The highest BCUT2D eigenvalue weighted by atomic mass is 19.1. The number of carbonyl (C=O) groups excluding carboxylic acids is 1. The van der Waals surface area contributed by atoms with Gasteiger partial charge in [0.1, 0.15) is 5.82 Å². The summed E-state index contributed by atoms with van der Waals surface area (Å²) in [5.74, 6) is -0.270. The fourth-order valence-electron chi connectivity index (χ4n) is 2.41. The lowest BCUT2D eigenvalue weighted by Crippen LogP contribution is -2.22. The Morgan fingerprint density at radius 3 is 2.64 bits per heavy atom. The van der Waals surface area contributed by atoms with E-state index in [1.807, 2.05) is 24.4 Å². The lowest BCUT2D eigenvalue weighted by molar-refractivity contribution is -0.121. The molecule has 0 unspecified atom stereocenters. The summed E-state index contributed by atoms with van der Waals surface area (Å²) in [6.07, 6.45) is 3.05. The number of hydrogen-bond acceptors (Lipinski definition) is 1. The monoisotopic (exact) mass is 296 g/mol. The van der Waals surface area contributed by atoms with Crippen LogP contribution in [-0.4, -0.2) is 10.9 Å². The number of aryl methyl sites for hydroxylation is 1. The fourth-order valence-corrected chi connectivity index (χ4v) is 2.41. The second-order valence-corrected chi connectivity index (χ2v) is 5.30. The van der Waals surface area contributed by atoms with Gasteiger partial charge in [0.25, 0.3) is 0 Å². The molecule has 1 amide bonds. The third kappa shape index (κ3) is 3.52. The molecule has 2 N–H and O–H groups in total. The largest absolute Gasteiger partial charge is 0.361 e. The van der Waals surface area contributed by atoms with Gasteiger partial charge in [-0.15, -0.1) is 0 Å². The number of hydrogen-bond donors (Lipinski definition) is 2. The molecule has 3 nitrogen and oxygen atoms in total. The maximum Gasteiger partial charge on any atom is 0.220 e. The summed E-state index contributed by atoms with van der Waals surface area (Å²) < 4.78 is 12.8. The minimum absolute atomic E-state index is 0.00140. The molecule has 1 aromatic heterocycles. The van der Waals surface area contributed by atoms with Gasteiger partial charge in [0.05, 0.1) is 0 Å². The first-order valence-corrected chi connectivity index (χ1v) is 7.28. The normalized spacial score (nSPS) is 10.8. The Hall–Kier alpha value is -2.62. The number of carbonyl (C=O) groups is 1. The molecule has 1 heterocycles. The van der Waals surface area contributed by atoms with Gasteiger partial charge in [-0.05, 0) is 53.3 Å². The Morgan fingerprint density at radius 1 is 1.05 bits per heavy atom. The number of benzene rings is 2. The molecule has 0 fully saturated rings. The molecule has 0 spiro atoms. The van der Waals surface area contributed by atoms with E-state index in [4.69, 9.17) is 0 Å². The Morgan fingerprint density at radius 2 is 1.82 bits per heavy atom. The molecule has 0 saturated carbocycles. The summed E-state index contributed by atoms with van der Waals surface area (Å²) >= 11 is 0. The first-order valence-electron chi connectivity index (χ1n) is 7.28. The van der Waals surface area contributed by atoms with Crippen LogP contribution >= 0.6 is 0 Å². The molecule has 0 bridgehead atoms. The van der Waals surface area contributed by atoms with Crippen LogP contribution in [0.3, 0.4) is 0 Å². The summed E-state index contributed by atoms with van der Waals surface area (Å²) in [5, 5.41) is 4.01. The van der Waals surface area contributed by atoms with E-state index in [0.717, 1.165) is 22.0 Å². The summed E-state index contributed by atoms with van der Waals surface area (Å²) in [6.45, 7) is 0.427. The summed E-state index contributed by atoms with van der Waals surface area (Å²) in [6, 6.07) is 14.3. The third-order valence-electron chi connectivity index (χ3n) is 3.66. The van der Waals surface area contributed by atoms with E-state index >= 15 is 0 Å². The van der Waals surface area contributed by atoms with Gasteiger partial charge in [-0.3, -0.25) is 4.79 Å². The van der Waals surface area contributed by atoms with Gasteiger partial charge in [-0.2, -0.15) is 0 Å². The number of nitrogens with one attached hydrogen (secondary N) is 2. The number of rotatable bonds is 5. The zero-order valence-corrected chi connectivity index (χ0v) is 12.1. The van der Waals surface area contributed by atoms with Gasteiger partial charge in [-0.25, -0.2) is 4.39 Å². The van der Waals surface area contributed by atoms with Crippen LogP contribution in [0.25, 0.3) is 10.9 Å². The first kappa shape index (κ1) is 14.3. The van der Waals surface area contributed by atoms with E-state index in [-0.39, 0.29) is 11.7 Å². The van der Waals surface area contributed by atoms with Crippen molar-refractivity contribution in [2.75, 3.05) is 0 Å². The molecule has 2 aromatic carbocycles. The van der Waals surface area contributed by atoms with Crippen molar-refractivity contribution < 1.29 is 9.18 Å². The summed E-state index contributed by atoms with van der Waals surface area (Å²) in [4.78, 5) is 15.0. The molecule has 3 rings (SSSR count). The average Bonchev–Trinajstić information content (AvgIpc) is 3.00. The average molecular weight is 296 g/mol. The van der Waals surface area contributed by atoms with Gasteiger partial charge in [0, 0.05) is 24.7 Å². The van der Waals surface area contributed by atoms with Crippen LogP contribution in [0.4, 0.5) is 4.39 Å². The van der Waals surface area contributed by atoms with E-state index < -0.39 is 0 Å². The van der Waals surface area contributed by atoms with Crippen LogP contribution in [0.15, 0.2) is 54.7 Å². The fraction of sp³-hybridized carbons (Fsp3) is 0.167. The van der Waals surface area contributed by atoms with Crippen LogP contribution < -0.4 is 5.32 Å². The van der Waals surface area contributed by atoms with E-state index in [9.17, 15) is 9.18 Å². The lowest BCUT2D eigenvalue weighted by atomic mass is 10.1. The van der Waals surface area contributed by atoms with Crippen molar-refractivity contribution in [1.82, 2.24) is 10.3 Å². The Bertz CT molecular complexity index is 777. The minimum atomic E-state index is -0.268. The van der Waals surface area contributed by atoms with Gasteiger partial charge < -0.3 is 10.3 Å². The van der Waals surface area contributed by atoms with Crippen molar-refractivity contribution in [3.63, 3.8) is 0 Å².